The second-order valence-corrected chi connectivity index (χ2v) is 7.79. The van der Waals surface area contributed by atoms with Crippen molar-refractivity contribution in [2.75, 3.05) is 38.5 Å². The molecule has 0 saturated carbocycles. The summed E-state index contributed by atoms with van der Waals surface area (Å²) in [5.74, 6) is -0.924. The van der Waals surface area contributed by atoms with Crippen molar-refractivity contribution in [1.29, 1.82) is 0 Å². The highest BCUT2D eigenvalue weighted by molar-refractivity contribution is 5.94. The summed E-state index contributed by atoms with van der Waals surface area (Å²) >= 11 is 0. The number of aryl methyl sites for hydroxylation is 1. The highest BCUT2D eigenvalue weighted by Crippen LogP contribution is 2.25. The minimum Gasteiger partial charge on any atom is -0.377 e. The van der Waals surface area contributed by atoms with Gasteiger partial charge in [0.25, 0.3) is 5.91 Å². The molecule has 2 amide bonds. The van der Waals surface area contributed by atoms with Crippen LogP contribution in [0.15, 0.2) is 55.1 Å². The van der Waals surface area contributed by atoms with Gasteiger partial charge in [0.05, 0.1) is 6.04 Å². The van der Waals surface area contributed by atoms with Crippen molar-refractivity contribution in [2.45, 2.75) is 19.3 Å². The molecular weight excluding hydrogens is 414 g/mol. The Hall–Kier alpha value is -3.26. The first-order valence-corrected chi connectivity index (χ1v) is 10.5. The van der Waals surface area contributed by atoms with Crippen LogP contribution in [0.1, 0.15) is 27.5 Å². The number of piperazine rings is 1. The number of amides is 2. The molecule has 2 N–H and O–H groups in total. The number of hydrogen-bond acceptors (Lipinski definition) is 4. The van der Waals surface area contributed by atoms with Crippen molar-refractivity contribution < 1.29 is 18.4 Å². The Morgan fingerprint density at radius 3 is 2.53 bits per heavy atom. The third-order valence-corrected chi connectivity index (χ3v) is 5.62. The molecule has 0 bridgehead atoms. The second kappa shape index (κ2) is 10.4. The predicted octanol–water partition coefficient (Wildman–Crippen LogP) is 3.27. The van der Waals surface area contributed by atoms with Gasteiger partial charge in [-0.25, -0.2) is 8.78 Å². The van der Waals surface area contributed by atoms with Crippen LogP contribution in [0, 0.1) is 12.7 Å². The van der Waals surface area contributed by atoms with Crippen molar-refractivity contribution in [2.24, 2.45) is 0 Å². The van der Waals surface area contributed by atoms with Gasteiger partial charge in [0, 0.05) is 44.5 Å². The van der Waals surface area contributed by atoms with E-state index in [0.29, 0.717) is 24.2 Å². The lowest BCUT2D eigenvalue weighted by atomic mass is 10.0. The molecule has 8 heteroatoms. The van der Waals surface area contributed by atoms with E-state index in [1.54, 1.807) is 44.3 Å². The van der Waals surface area contributed by atoms with Crippen LogP contribution in [0.5, 0.6) is 0 Å². The van der Waals surface area contributed by atoms with Crippen LogP contribution in [-0.2, 0) is 4.79 Å². The van der Waals surface area contributed by atoms with Crippen LogP contribution in [0.3, 0.4) is 0 Å². The van der Waals surface area contributed by atoms with E-state index < -0.39 is 12.2 Å². The maximum Gasteiger partial charge on any atom is 0.251 e. The molecule has 2 atom stereocenters. The maximum absolute atomic E-state index is 14.6. The number of halogens is 2. The Morgan fingerprint density at radius 2 is 1.94 bits per heavy atom. The third-order valence-electron chi connectivity index (χ3n) is 5.62. The summed E-state index contributed by atoms with van der Waals surface area (Å²) in [5.41, 5.74) is 2.55. The summed E-state index contributed by atoms with van der Waals surface area (Å²) in [7, 11) is 1.57. The van der Waals surface area contributed by atoms with Crippen molar-refractivity contribution in [1.82, 2.24) is 15.1 Å². The molecule has 1 saturated heterocycles. The molecule has 1 heterocycles. The van der Waals surface area contributed by atoms with E-state index in [-0.39, 0.29) is 30.9 Å². The molecular formula is C24H28F2N4O2. The molecule has 170 valence electrons. The van der Waals surface area contributed by atoms with Gasteiger partial charge < -0.3 is 15.5 Å². The lowest BCUT2D eigenvalue weighted by Crippen LogP contribution is -2.54. The topological polar surface area (TPSA) is 64.7 Å². The molecule has 1 fully saturated rings. The largest absolute Gasteiger partial charge is 0.377 e. The number of benzene rings is 2. The average molecular weight is 443 g/mol. The van der Waals surface area contributed by atoms with Crippen LogP contribution in [0.4, 0.5) is 14.5 Å². The summed E-state index contributed by atoms with van der Waals surface area (Å²) in [4.78, 5) is 26.7. The molecule has 3 rings (SSSR count). The quantitative estimate of drug-likeness (QED) is 0.510. The number of nitrogens with zero attached hydrogens (tertiary/aromatic N) is 2. The van der Waals surface area contributed by atoms with Crippen LogP contribution in [0.2, 0.25) is 0 Å². The smallest absolute Gasteiger partial charge is 0.251 e. The standard InChI is InChI=1S/C24H28F2N4O2/c1-4-23(31)30-12-11-29(15-22(30)26)14-21(18-6-5-16(2)20(25)13-18)28-19-9-7-17(8-10-19)24(32)27-3/h4-10,13,21-22,28H,1,11-12,14-15H2,2-3H3,(H,27,32)/t21?,22-/m0/s1. The van der Waals surface area contributed by atoms with Gasteiger partial charge in [-0.1, -0.05) is 18.7 Å². The molecule has 32 heavy (non-hydrogen) atoms. The first-order chi connectivity index (χ1) is 15.3. The third kappa shape index (κ3) is 5.50. The fourth-order valence-electron chi connectivity index (χ4n) is 3.71. The Morgan fingerprint density at radius 1 is 1.22 bits per heavy atom. The van der Waals surface area contributed by atoms with Crippen molar-refractivity contribution >= 4 is 17.5 Å². The predicted molar refractivity (Wildman–Crippen MR) is 121 cm³/mol. The Kier molecular flexibility index (Phi) is 7.58. The summed E-state index contributed by atoms with van der Waals surface area (Å²) < 4.78 is 28.9. The molecule has 2 aromatic carbocycles. The molecule has 0 radical (unpaired) electrons. The van der Waals surface area contributed by atoms with Gasteiger partial charge in [-0.05, 0) is 54.5 Å². The first-order valence-electron chi connectivity index (χ1n) is 10.5. The van der Waals surface area contributed by atoms with E-state index in [0.717, 1.165) is 22.2 Å². The van der Waals surface area contributed by atoms with E-state index in [2.05, 4.69) is 17.2 Å². The van der Waals surface area contributed by atoms with Crippen molar-refractivity contribution in [3.8, 4) is 0 Å². The summed E-state index contributed by atoms with van der Waals surface area (Å²) in [5, 5.41) is 5.95. The minimum atomic E-state index is -1.43. The number of anilines is 1. The van der Waals surface area contributed by atoms with Gasteiger partial charge in [-0.15, -0.1) is 0 Å². The Labute approximate surface area is 186 Å². The molecule has 0 aliphatic carbocycles. The molecule has 1 aliphatic rings. The van der Waals surface area contributed by atoms with Crippen molar-refractivity contribution in [3.63, 3.8) is 0 Å². The van der Waals surface area contributed by atoms with Gasteiger partial charge in [0.1, 0.15) is 5.82 Å². The lowest BCUT2D eigenvalue weighted by molar-refractivity contribution is -0.135. The number of nitrogens with one attached hydrogen (secondary N) is 2. The molecule has 0 aromatic heterocycles. The Balaban J connectivity index is 1.79. The van der Waals surface area contributed by atoms with Crippen LogP contribution in [0.25, 0.3) is 0 Å². The molecule has 0 spiro atoms. The zero-order valence-electron chi connectivity index (χ0n) is 18.3. The van der Waals surface area contributed by atoms with Gasteiger partial charge in [-0.2, -0.15) is 0 Å². The van der Waals surface area contributed by atoms with E-state index in [4.69, 9.17) is 0 Å². The zero-order chi connectivity index (χ0) is 23.3. The fourth-order valence-corrected chi connectivity index (χ4v) is 3.71. The monoisotopic (exact) mass is 442 g/mol. The molecule has 6 nitrogen and oxygen atoms in total. The van der Waals surface area contributed by atoms with E-state index >= 15 is 0 Å². The number of carbonyl (C=O) groups excluding carboxylic acids is 2. The number of hydrogen-bond donors (Lipinski definition) is 2. The fraction of sp³-hybridized carbons (Fsp3) is 0.333. The van der Waals surface area contributed by atoms with E-state index in [1.807, 2.05) is 11.0 Å². The summed E-state index contributed by atoms with van der Waals surface area (Å²) in [6, 6.07) is 11.7. The SMILES string of the molecule is C=CC(=O)N1CCN(CC(Nc2ccc(C(=O)NC)cc2)c2ccc(C)c(F)c2)C[C@H]1F. The number of carbonyl (C=O) groups is 2. The lowest BCUT2D eigenvalue weighted by Gasteiger charge is -2.38. The zero-order valence-corrected chi connectivity index (χ0v) is 18.3. The first kappa shape index (κ1) is 23.4. The van der Waals surface area contributed by atoms with Crippen LogP contribution < -0.4 is 10.6 Å². The Bertz CT molecular complexity index is 980. The average Bonchev–Trinajstić information content (AvgIpc) is 2.80. The van der Waals surface area contributed by atoms with E-state index in [1.165, 1.54) is 6.07 Å². The van der Waals surface area contributed by atoms with Gasteiger partial charge in [0.2, 0.25) is 5.91 Å². The molecule has 1 aliphatic heterocycles. The number of alkyl halides is 1. The second-order valence-electron chi connectivity index (χ2n) is 7.79. The van der Waals surface area contributed by atoms with E-state index in [9.17, 15) is 18.4 Å². The summed E-state index contributed by atoms with van der Waals surface area (Å²) in [6.07, 6.45) is -0.319. The van der Waals surface area contributed by atoms with Gasteiger partial charge in [-0.3, -0.25) is 14.5 Å². The van der Waals surface area contributed by atoms with Crippen LogP contribution in [-0.4, -0.2) is 61.1 Å². The maximum atomic E-state index is 14.6. The summed E-state index contributed by atoms with van der Waals surface area (Å²) in [6.45, 7) is 6.33. The molecule has 2 aromatic rings. The highest BCUT2D eigenvalue weighted by Gasteiger charge is 2.30. The minimum absolute atomic E-state index is 0.0573. The highest BCUT2D eigenvalue weighted by atomic mass is 19.1. The molecule has 1 unspecified atom stereocenters. The number of rotatable bonds is 7. The van der Waals surface area contributed by atoms with Gasteiger partial charge >= 0.3 is 0 Å². The normalized spacial score (nSPS) is 17.5. The van der Waals surface area contributed by atoms with Crippen molar-refractivity contribution in [3.05, 3.63) is 77.6 Å². The van der Waals surface area contributed by atoms with Crippen LogP contribution >= 0.6 is 0 Å². The van der Waals surface area contributed by atoms with Gasteiger partial charge in [0.15, 0.2) is 6.30 Å².